The summed E-state index contributed by atoms with van der Waals surface area (Å²) < 4.78 is 40.1. The van der Waals surface area contributed by atoms with Gasteiger partial charge in [0, 0.05) is 25.8 Å². The van der Waals surface area contributed by atoms with Crippen molar-refractivity contribution in [2.45, 2.75) is 32.5 Å². The summed E-state index contributed by atoms with van der Waals surface area (Å²) in [5.41, 5.74) is 2.57. The molecule has 3 heterocycles. The van der Waals surface area contributed by atoms with Crippen LogP contribution in [-0.4, -0.2) is 38.7 Å². The lowest BCUT2D eigenvalue weighted by Crippen LogP contribution is -2.43. The van der Waals surface area contributed by atoms with Gasteiger partial charge in [-0.2, -0.15) is 13.2 Å². The number of nitrogens with zero attached hydrogens (tertiary/aromatic N) is 5. The minimum absolute atomic E-state index is 0.125. The van der Waals surface area contributed by atoms with Crippen molar-refractivity contribution in [2.24, 2.45) is 5.92 Å². The second-order valence-corrected chi connectivity index (χ2v) is 9.04. The second kappa shape index (κ2) is 9.60. The van der Waals surface area contributed by atoms with Crippen LogP contribution in [0.4, 0.5) is 19.0 Å². The van der Waals surface area contributed by atoms with Gasteiger partial charge in [0.1, 0.15) is 12.1 Å². The van der Waals surface area contributed by atoms with Crippen molar-refractivity contribution in [3.05, 3.63) is 77.7 Å². The lowest BCUT2D eigenvalue weighted by molar-refractivity contribution is -0.137. The van der Waals surface area contributed by atoms with Crippen molar-refractivity contribution in [2.75, 3.05) is 18.0 Å². The monoisotopic (exact) mass is 494 g/mol. The zero-order chi connectivity index (χ0) is 25.3. The molecule has 0 aliphatic carbocycles. The molecule has 7 nitrogen and oxygen atoms in total. The van der Waals surface area contributed by atoms with E-state index in [1.807, 2.05) is 37.4 Å². The van der Waals surface area contributed by atoms with Crippen LogP contribution in [0.2, 0.25) is 0 Å². The third-order valence-corrected chi connectivity index (χ3v) is 6.43. The van der Waals surface area contributed by atoms with Gasteiger partial charge in [-0.3, -0.25) is 4.79 Å². The number of aromatic nitrogens is 4. The predicted octanol–water partition coefficient (Wildman–Crippen LogP) is 4.68. The van der Waals surface area contributed by atoms with Crippen molar-refractivity contribution < 1.29 is 18.0 Å². The van der Waals surface area contributed by atoms with Crippen LogP contribution in [0.1, 0.15) is 29.5 Å². The molecule has 1 amide bonds. The van der Waals surface area contributed by atoms with E-state index in [1.165, 1.54) is 18.5 Å². The lowest BCUT2D eigenvalue weighted by atomic mass is 9.97. The van der Waals surface area contributed by atoms with Gasteiger partial charge in [0.2, 0.25) is 5.91 Å². The van der Waals surface area contributed by atoms with E-state index in [2.05, 4.69) is 25.3 Å². The summed E-state index contributed by atoms with van der Waals surface area (Å²) in [6, 6.07) is 12.9. The maximum absolute atomic E-state index is 12.9. The zero-order valence-corrected chi connectivity index (χ0v) is 19.7. The fourth-order valence-corrected chi connectivity index (χ4v) is 4.44. The maximum atomic E-state index is 12.9. The number of alkyl halides is 3. The summed E-state index contributed by atoms with van der Waals surface area (Å²) >= 11 is 0. The van der Waals surface area contributed by atoms with Gasteiger partial charge >= 0.3 is 6.18 Å². The van der Waals surface area contributed by atoms with Crippen LogP contribution in [0.3, 0.4) is 0 Å². The summed E-state index contributed by atoms with van der Waals surface area (Å²) in [7, 11) is 0. The standard InChI is InChI=1S/C26H25F3N6O/c1-17-4-10-21(11-5-17)35-15-22-23(33-35)31-16-32-24(22)34-12-2-3-19(14-34)25(36)30-13-18-6-8-20(9-7-18)26(27,28)29/h4-11,15-16,19H,2-3,12-14H2,1H3,(H,30,36)/t19-/m0/s1. The fourth-order valence-electron chi connectivity index (χ4n) is 4.44. The quantitative estimate of drug-likeness (QED) is 0.436. The molecule has 2 aromatic heterocycles. The Morgan fingerprint density at radius 2 is 1.83 bits per heavy atom. The second-order valence-electron chi connectivity index (χ2n) is 9.04. The van der Waals surface area contributed by atoms with Gasteiger partial charge < -0.3 is 10.2 Å². The minimum Gasteiger partial charge on any atom is -0.355 e. The Morgan fingerprint density at radius 3 is 2.56 bits per heavy atom. The van der Waals surface area contributed by atoms with Gasteiger partial charge in [-0.15, -0.1) is 5.10 Å². The van der Waals surface area contributed by atoms with Gasteiger partial charge in [0.05, 0.1) is 22.6 Å². The van der Waals surface area contributed by atoms with E-state index in [4.69, 9.17) is 0 Å². The number of carbonyl (C=O) groups excluding carboxylic acids is 1. The maximum Gasteiger partial charge on any atom is 0.416 e. The van der Waals surface area contributed by atoms with E-state index in [0.717, 1.165) is 54.0 Å². The van der Waals surface area contributed by atoms with Crippen molar-refractivity contribution >= 4 is 22.8 Å². The molecule has 5 rings (SSSR count). The molecule has 1 saturated heterocycles. The van der Waals surface area contributed by atoms with Crippen LogP contribution < -0.4 is 10.2 Å². The summed E-state index contributed by atoms with van der Waals surface area (Å²) in [5, 5.41) is 8.28. The van der Waals surface area contributed by atoms with Crippen LogP contribution in [0.15, 0.2) is 61.1 Å². The third-order valence-electron chi connectivity index (χ3n) is 6.43. The highest BCUT2D eigenvalue weighted by Gasteiger charge is 2.30. The first-order chi connectivity index (χ1) is 17.3. The molecule has 1 atom stereocenters. The average molecular weight is 495 g/mol. The highest BCUT2D eigenvalue weighted by atomic mass is 19.4. The number of rotatable bonds is 5. The number of piperidine rings is 1. The Balaban J connectivity index is 1.28. The van der Waals surface area contributed by atoms with Crippen molar-refractivity contribution in [3.63, 3.8) is 0 Å². The third kappa shape index (κ3) is 5.02. The van der Waals surface area contributed by atoms with E-state index in [1.54, 1.807) is 4.68 Å². The van der Waals surface area contributed by atoms with Crippen LogP contribution >= 0.6 is 0 Å². The summed E-state index contributed by atoms with van der Waals surface area (Å²) in [5.74, 6) is 0.351. The van der Waals surface area contributed by atoms with Crippen LogP contribution in [-0.2, 0) is 17.5 Å². The number of benzene rings is 2. The van der Waals surface area contributed by atoms with Crippen LogP contribution in [0.5, 0.6) is 0 Å². The van der Waals surface area contributed by atoms with Crippen LogP contribution in [0, 0.1) is 12.8 Å². The van der Waals surface area contributed by atoms with Gasteiger partial charge in [0.15, 0.2) is 5.65 Å². The molecular weight excluding hydrogens is 469 g/mol. The predicted molar refractivity (Wildman–Crippen MR) is 130 cm³/mol. The molecule has 0 bridgehead atoms. The molecule has 10 heteroatoms. The smallest absolute Gasteiger partial charge is 0.355 e. The van der Waals surface area contributed by atoms with Crippen molar-refractivity contribution in [3.8, 4) is 5.69 Å². The number of amides is 1. The Morgan fingerprint density at radius 1 is 1.08 bits per heavy atom. The first kappa shape index (κ1) is 23.8. The zero-order valence-electron chi connectivity index (χ0n) is 19.7. The summed E-state index contributed by atoms with van der Waals surface area (Å²) in [6.07, 6.45) is 0.556. The Labute approximate surface area is 206 Å². The largest absolute Gasteiger partial charge is 0.416 e. The van der Waals surface area contributed by atoms with E-state index >= 15 is 0 Å². The highest BCUT2D eigenvalue weighted by Crippen LogP contribution is 2.30. The number of nitrogens with one attached hydrogen (secondary N) is 1. The van der Waals surface area contributed by atoms with Crippen LogP contribution in [0.25, 0.3) is 16.7 Å². The van der Waals surface area contributed by atoms with E-state index < -0.39 is 11.7 Å². The van der Waals surface area contributed by atoms with E-state index in [-0.39, 0.29) is 18.4 Å². The first-order valence-electron chi connectivity index (χ1n) is 11.7. The molecule has 1 N–H and O–H groups in total. The SMILES string of the molecule is Cc1ccc(-n2cc3c(N4CCC[C@H](C(=O)NCc5ccc(C(F)(F)F)cc5)C4)ncnc3n2)cc1. The number of halogens is 3. The molecule has 4 aromatic rings. The average Bonchev–Trinajstić information content (AvgIpc) is 3.32. The van der Waals surface area contributed by atoms with Crippen molar-refractivity contribution in [1.82, 2.24) is 25.1 Å². The number of hydrogen-bond donors (Lipinski definition) is 1. The van der Waals surface area contributed by atoms with Gasteiger partial charge in [0.25, 0.3) is 0 Å². The van der Waals surface area contributed by atoms with Gasteiger partial charge in [-0.1, -0.05) is 29.8 Å². The van der Waals surface area contributed by atoms with E-state index in [0.29, 0.717) is 17.8 Å². The Hall–Kier alpha value is -3.95. The normalized spacial score (nSPS) is 16.3. The molecular formula is C26H25F3N6O. The number of carbonyl (C=O) groups is 1. The topological polar surface area (TPSA) is 75.9 Å². The minimum atomic E-state index is -4.38. The number of fused-ring (bicyclic) bond motifs is 1. The molecule has 2 aromatic carbocycles. The molecule has 0 radical (unpaired) electrons. The molecule has 1 aliphatic heterocycles. The Kier molecular flexibility index (Phi) is 6.34. The van der Waals surface area contributed by atoms with E-state index in [9.17, 15) is 18.0 Å². The molecule has 186 valence electrons. The number of anilines is 1. The fraction of sp³-hybridized carbons (Fsp3) is 0.308. The van der Waals surface area contributed by atoms with Crippen molar-refractivity contribution in [1.29, 1.82) is 0 Å². The summed E-state index contributed by atoms with van der Waals surface area (Å²) in [6.45, 7) is 3.44. The Bertz CT molecular complexity index is 1370. The summed E-state index contributed by atoms with van der Waals surface area (Å²) in [4.78, 5) is 23.8. The highest BCUT2D eigenvalue weighted by molar-refractivity contribution is 5.87. The number of hydrogen-bond acceptors (Lipinski definition) is 5. The van der Waals surface area contributed by atoms with Gasteiger partial charge in [-0.25, -0.2) is 14.6 Å². The molecule has 36 heavy (non-hydrogen) atoms. The molecule has 1 aliphatic rings. The lowest BCUT2D eigenvalue weighted by Gasteiger charge is -2.33. The number of aryl methyl sites for hydroxylation is 1. The molecule has 0 unspecified atom stereocenters. The van der Waals surface area contributed by atoms with Gasteiger partial charge in [-0.05, 0) is 49.6 Å². The molecule has 0 spiro atoms. The molecule has 1 fully saturated rings. The molecule has 0 saturated carbocycles. The first-order valence-corrected chi connectivity index (χ1v) is 11.7.